The second-order valence-corrected chi connectivity index (χ2v) is 8.54. The van der Waals surface area contributed by atoms with Gasteiger partial charge < -0.3 is 31.2 Å². The average Bonchev–Trinajstić information content (AvgIpc) is 3.67. The van der Waals surface area contributed by atoms with Crippen LogP contribution in [0, 0.1) is 5.92 Å². The van der Waals surface area contributed by atoms with E-state index in [1.807, 2.05) is 11.0 Å². The molecule has 0 bridgehead atoms. The van der Waals surface area contributed by atoms with Crippen LogP contribution in [0.2, 0.25) is 0 Å². The van der Waals surface area contributed by atoms with Gasteiger partial charge >= 0.3 is 6.01 Å². The molecule has 0 unspecified atom stereocenters. The summed E-state index contributed by atoms with van der Waals surface area (Å²) in [6, 6.07) is 3.58. The molecule has 0 spiro atoms. The molecule has 182 valence electrons. The monoisotopic (exact) mass is 470 g/mol. The van der Waals surface area contributed by atoms with Gasteiger partial charge in [0, 0.05) is 38.4 Å². The van der Waals surface area contributed by atoms with Gasteiger partial charge in [-0.2, -0.15) is 15.0 Å². The van der Waals surface area contributed by atoms with E-state index in [4.69, 9.17) is 20.9 Å². The van der Waals surface area contributed by atoms with E-state index in [1.165, 1.54) is 0 Å². The van der Waals surface area contributed by atoms with E-state index in [-0.39, 0.29) is 41.6 Å². The molecule has 2 amide bonds. The quantitative estimate of drug-likeness (QED) is 0.415. The summed E-state index contributed by atoms with van der Waals surface area (Å²) in [6.45, 7) is 2.52. The van der Waals surface area contributed by atoms with Gasteiger partial charge in [-0.05, 0) is 43.7 Å². The highest BCUT2D eigenvalue weighted by molar-refractivity contribution is 5.95. The molecule has 4 rings (SSSR count). The van der Waals surface area contributed by atoms with Crippen molar-refractivity contribution in [1.82, 2.24) is 25.3 Å². The number of hydrogen-bond acceptors (Lipinski definition) is 10. The fourth-order valence-electron chi connectivity index (χ4n) is 3.79. The predicted octanol–water partition coefficient (Wildman–Crippen LogP) is 0.497. The van der Waals surface area contributed by atoms with Crippen LogP contribution in [0.1, 0.15) is 58.4 Å². The molecule has 12 heteroatoms. The molecule has 0 radical (unpaired) electrons. The van der Waals surface area contributed by atoms with E-state index in [0.29, 0.717) is 38.1 Å². The molecule has 3 heterocycles. The lowest BCUT2D eigenvalue weighted by Gasteiger charge is -2.32. The summed E-state index contributed by atoms with van der Waals surface area (Å²) in [6.07, 6.45) is 3.77. The Labute approximate surface area is 197 Å². The van der Waals surface area contributed by atoms with Crippen LogP contribution < -0.4 is 26.4 Å². The number of nitrogens with one attached hydrogen (secondary N) is 1. The van der Waals surface area contributed by atoms with Crippen molar-refractivity contribution >= 4 is 23.5 Å². The molecular formula is C22H30N8O4. The number of pyridine rings is 1. The van der Waals surface area contributed by atoms with Crippen molar-refractivity contribution in [3.05, 3.63) is 29.3 Å². The molecule has 2 aliphatic rings. The molecule has 12 nitrogen and oxygen atoms in total. The standard InChI is InChI=1S/C22H30N8O4/c1-33-10-11-34-22-28-19(20(32)25-12-13-2-3-13)27-21(29-22)30-8-6-14(7-9-30)16-5-4-15(23)17(26-16)18(24)31/h4-5,13-14H,2-3,6-12,23H2,1H3,(H2,24,31)(H,25,32). The van der Waals surface area contributed by atoms with E-state index >= 15 is 0 Å². The summed E-state index contributed by atoms with van der Waals surface area (Å²) in [5.41, 5.74) is 12.3. The number of carbonyl (C=O) groups is 2. The number of ether oxygens (including phenoxy) is 2. The lowest BCUT2D eigenvalue weighted by Crippen LogP contribution is -2.36. The molecule has 2 aromatic heterocycles. The molecule has 5 N–H and O–H groups in total. The highest BCUT2D eigenvalue weighted by Crippen LogP contribution is 2.30. The van der Waals surface area contributed by atoms with Crippen molar-refractivity contribution in [2.24, 2.45) is 11.7 Å². The van der Waals surface area contributed by atoms with Gasteiger partial charge in [-0.1, -0.05) is 0 Å². The molecule has 1 saturated carbocycles. The number of aromatic nitrogens is 4. The van der Waals surface area contributed by atoms with Crippen molar-refractivity contribution in [3.8, 4) is 6.01 Å². The van der Waals surface area contributed by atoms with Crippen LogP contribution in [-0.4, -0.2) is 71.7 Å². The van der Waals surface area contributed by atoms with Gasteiger partial charge in [-0.15, -0.1) is 0 Å². The first kappa shape index (κ1) is 23.6. The van der Waals surface area contributed by atoms with Crippen molar-refractivity contribution < 1.29 is 19.1 Å². The lowest BCUT2D eigenvalue weighted by atomic mass is 9.93. The largest absolute Gasteiger partial charge is 0.461 e. The Kier molecular flexibility index (Phi) is 7.36. The van der Waals surface area contributed by atoms with Crippen LogP contribution >= 0.6 is 0 Å². The maximum absolute atomic E-state index is 12.6. The van der Waals surface area contributed by atoms with Crippen molar-refractivity contribution in [2.45, 2.75) is 31.6 Å². The molecule has 2 aromatic rings. The Morgan fingerprint density at radius 3 is 2.53 bits per heavy atom. The van der Waals surface area contributed by atoms with Crippen LogP contribution in [-0.2, 0) is 4.74 Å². The second kappa shape index (κ2) is 10.6. The fourth-order valence-corrected chi connectivity index (χ4v) is 3.79. The Hall–Kier alpha value is -3.54. The Morgan fingerprint density at radius 1 is 1.09 bits per heavy atom. The zero-order valence-electron chi connectivity index (χ0n) is 19.2. The molecular weight excluding hydrogens is 440 g/mol. The van der Waals surface area contributed by atoms with Gasteiger partial charge in [-0.3, -0.25) is 9.59 Å². The van der Waals surface area contributed by atoms with E-state index in [0.717, 1.165) is 31.4 Å². The predicted molar refractivity (Wildman–Crippen MR) is 124 cm³/mol. The fraction of sp³-hybridized carbons (Fsp3) is 0.545. The Morgan fingerprint density at radius 2 is 1.85 bits per heavy atom. The summed E-state index contributed by atoms with van der Waals surface area (Å²) in [7, 11) is 1.57. The van der Waals surface area contributed by atoms with Crippen molar-refractivity contribution in [1.29, 1.82) is 0 Å². The Balaban J connectivity index is 1.46. The van der Waals surface area contributed by atoms with Crippen molar-refractivity contribution in [3.63, 3.8) is 0 Å². The van der Waals surface area contributed by atoms with Gasteiger partial charge in [0.25, 0.3) is 11.8 Å². The van der Waals surface area contributed by atoms with Crippen LogP contribution in [0.4, 0.5) is 11.6 Å². The minimum absolute atomic E-state index is 0.0338. The number of hydrogen-bond donors (Lipinski definition) is 3. The summed E-state index contributed by atoms with van der Waals surface area (Å²) < 4.78 is 10.6. The molecule has 1 saturated heterocycles. The number of methoxy groups -OCH3 is 1. The minimum Gasteiger partial charge on any atom is -0.461 e. The smallest absolute Gasteiger partial charge is 0.322 e. The second-order valence-electron chi connectivity index (χ2n) is 8.54. The number of nitrogen functional groups attached to an aromatic ring is 1. The highest BCUT2D eigenvalue weighted by atomic mass is 16.5. The van der Waals surface area contributed by atoms with E-state index < -0.39 is 5.91 Å². The number of nitrogens with zero attached hydrogens (tertiary/aromatic N) is 5. The van der Waals surface area contributed by atoms with Crippen LogP contribution in [0.5, 0.6) is 6.01 Å². The van der Waals surface area contributed by atoms with Gasteiger partial charge in [0.05, 0.1) is 12.3 Å². The SMILES string of the molecule is COCCOc1nc(C(=O)NCC2CC2)nc(N2CCC(c3ccc(N)c(C(N)=O)n3)CC2)n1. The maximum Gasteiger partial charge on any atom is 0.322 e. The summed E-state index contributed by atoms with van der Waals surface area (Å²) in [5.74, 6) is 0.115. The summed E-state index contributed by atoms with van der Waals surface area (Å²) in [5, 5.41) is 2.89. The molecule has 1 aliphatic carbocycles. The molecule has 0 atom stereocenters. The number of nitrogens with two attached hydrogens (primary N) is 2. The third-order valence-electron chi connectivity index (χ3n) is 5.95. The average molecular weight is 471 g/mol. The van der Waals surface area contributed by atoms with Crippen LogP contribution in [0.3, 0.4) is 0 Å². The first-order valence-electron chi connectivity index (χ1n) is 11.4. The third-order valence-corrected chi connectivity index (χ3v) is 5.95. The van der Waals surface area contributed by atoms with E-state index in [9.17, 15) is 9.59 Å². The number of amides is 2. The maximum atomic E-state index is 12.6. The van der Waals surface area contributed by atoms with Gasteiger partial charge in [0.1, 0.15) is 6.61 Å². The first-order chi connectivity index (χ1) is 16.4. The molecule has 0 aromatic carbocycles. The zero-order valence-corrected chi connectivity index (χ0v) is 19.2. The van der Waals surface area contributed by atoms with Crippen molar-refractivity contribution in [2.75, 3.05) is 50.6 Å². The van der Waals surface area contributed by atoms with Crippen LogP contribution in [0.15, 0.2) is 12.1 Å². The number of piperidine rings is 1. The van der Waals surface area contributed by atoms with Gasteiger partial charge in [0.2, 0.25) is 11.8 Å². The highest BCUT2D eigenvalue weighted by Gasteiger charge is 2.27. The number of rotatable bonds is 10. The third kappa shape index (κ3) is 5.87. The van der Waals surface area contributed by atoms with E-state index in [2.05, 4.69) is 25.3 Å². The topological polar surface area (TPSA) is 171 Å². The molecule has 34 heavy (non-hydrogen) atoms. The summed E-state index contributed by atoms with van der Waals surface area (Å²) in [4.78, 5) is 43.6. The zero-order chi connectivity index (χ0) is 24.1. The number of carbonyl (C=O) groups excluding carboxylic acids is 2. The molecule has 2 fully saturated rings. The number of anilines is 2. The first-order valence-corrected chi connectivity index (χ1v) is 11.4. The van der Waals surface area contributed by atoms with E-state index in [1.54, 1.807) is 13.2 Å². The van der Waals surface area contributed by atoms with Crippen LogP contribution in [0.25, 0.3) is 0 Å². The lowest BCUT2D eigenvalue weighted by molar-refractivity contribution is 0.0937. The molecule has 1 aliphatic heterocycles. The van der Waals surface area contributed by atoms with Gasteiger partial charge in [0.15, 0.2) is 5.69 Å². The minimum atomic E-state index is -0.643. The number of primary amides is 1. The van der Waals surface area contributed by atoms with Gasteiger partial charge in [-0.25, -0.2) is 4.98 Å². The Bertz CT molecular complexity index is 1040. The normalized spacial score (nSPS) is 16.3. The summed E-state index contributed by atoms with van der Waals surface area (Å²) >= 11 is 0.